The first-order valence-electron chi connectivity index (χ1n) is 5.62. The molecule has 2 aliphatic rings. The van der Waals surface area contributed by atoms with Gasteiger partial charge in [-0.05, 0) is 18.6 Å². The van der Waals surface area contributed by atoms with E-state index in [1.54, 1.807) is 6.07 Å². The van der Waals surface area contributed by atoms with Crippen LogP contribution in [0.3, 0.4) is 0 Å². The molecule has 1 saturated heterocycles. The van der Waals surface area contributed by atoms with Gasteiger partial charge in [0.05, 0.1) is 17.4 Å². The van der Waals surface area contributed by atoms with Crippen molar-refractivity contribution in [3.63, 3.8) is 0 Å². The molecule has 0 unspecified atom stereocenters. The molecule has 0 radical (unpaired) electrons. The highest BCUT2D eigenvalue weighted by atomic mass is 16.7. The molecule has 3 rings (SSSR count). The Balaban J connectivity index is 2.09. The van der Waals surface area contributed by atoms with Crippen molar-refractivity contribution in [3.05, 3.63) is 39.6 Å². The van der Waals surface area contributed by atoms with Crippen LogP contribution in [0.25, 0.3) is 6.08 Å². The van der Waals surface area contributed by atoms with Gasteiger partial charge in [0.2, 0.25) is 12.5 Å². The third-order valence-corrected chi connectivity index (χ3v) is 3.24. The van der Waals surface area contributed by atoms with Gasteiger partial charge in [-0.1, -0.05) is 0 Å². The largest absolute Gasteiger partial charge is 0.507 e. The summed E-state index contributed by atoms with van der Waals surface area (Å²) in [6, 6.07) is 3.13. The third-order valence-electron chi connectivity index (χ3n) is 3.24. The van der Waals surface area contributed by atoms with Crippen molar-refractivity contribution in [1.82, 2.24) is 0 Å². The Bertz CT molecular complexity index is 540. The van der Waals surface area contributed by atoms with E-state index in [0.29, 0.717) is 17.9 Å². The van der Waals surface area contributed by atoms with Crippen LogP contribution in [0.15, 0.2) is 18.3 Å². The Morgan fingerprint density at radius 3 is 3.11 bits per heavy atom. The normalized spacial score (nSPS) is 24.9. The average molecular weight is 249 g/mol. The van der Waals surface area contributed by atoms with Crippen LogP contribution in [0.1, 0.15) is 23.5 Å². The van der Waals surface area contributed by atoms with Gasteiger partial charge < -0.3 is 14.6 Å². The second-order valence-electron chi connectivity index (χ2n) is 4.26. The molecule has 18 heavy (non-hydrogen) atoms. The van der Waals surface area contributed by atoms with Gasteiger partial charge in [0.15, 0.2) is 0 Å². The quantitative estimate of drug-likeness (QED) is 0.639. The van der Waals surface area contributed by atoms with Crippen molar-refractivity contribution < 1.29 is 19.5 Å². The van der Waals surface area contributed by atoms with Gasteiger partial charge in [-0.25, -0.2) is 0 Å². The fourth-order valence-corrected chi connectivity index (χ4v) is 2.49. The zero-order chi connectivity index (χ0) is 12.7. The van der Waals surface area contributed by atoms with Crippen LogP contribution in [0.2, 0.25) is 0 Å². The molecular weight excluding hydrogens is 238 g/mol. The van der Waals surface area contributed by atoms with Crippen molar-refractivity contribution in [2.24, 2.45) is 0 Å². The maximum Gasteiger partial charge on any atom is 0.235 e. The number of hydrogen-bond donors (Lipinski definition) is 1. The second-order valence-corrected chi connectivity index (χ2v) is 4.26. The highest BCUT2D eigenvalue weighted by Crippen LogP contribution is 2.48. The Morgan fingerprint density at radius 2 is 2.33 bits per heavy atom. The molecule has 6 nitrogen and oxygen atoms in total. The Hall–Kier alpha value is -2.08. The first-order chi connectivity index (χ1) is 8.66. The van der Waals surface area contributed by atoms with Gasteiger partial charge in [-0.15, -0.1) is 0 Å². The summed E-state index contributed by atoms with van der Waals surface area (Å²) >= 11 is 0. The van der Waals surface area contributed by atoms with E-state index in [-0.39, 0.29) is 18.0 Å². The monoisotopic (exact) mass is 249 g/mol. The zero-order valence-electron chi connectivity index (χ0n) is 9.41. The van der Waals surface area contributed by atoms with Gasteiger partial charge in [0.1, 0.15) is 11.5 Å². The summed E-state index contributed by atoms with van der Waals surface area (Å²) in [7, 11) is 0. The smallest absolute Gasteiger partial charge is 0.235 e. The highest BCUT2D eigenvalue weighted by Gasteiger charge is 2.41. The van der Waals surface area contributed by atoms with Crippen LogP contribution in [-0.2, 0) is 4.74 Å². The molecule has 1 aromatic rings. The summed E-state index contributed by atoms with van der Waals surface area (Å²) in [6.45, 7) is 0.600. The van der Waals surface area contributed by atoms with E-state index in [1.807, 2.05) is 0 Å². The Labute approximate surface area is 103 Å². The Kier molecular flexibility index (Phi) is 2.45. The number of benzene rings is 1. The molecular formula is C12H11NO5. The van der Waals surface area contributed by atoms with Crippen molar-refractivity contribution in [3.8, 4) is 11.5 Å². The molecule has 0 aliphatic carbocycles. The first-order valence-corrected chi connectivity index (χ1v) is 5.62. The molecule has 0 saturated carbocycles. The van der Waals surface area contributed by atoms with E-state index in [4.69, 9.17) is 9.47 Å². The van der Waals surface area contributed by atoms with E-state index in [1.165, 1.54) is 12.1 Å². The number of aromatic hydroxyl groups is 1. The lowest BCUT2D eigenvalue weighted by molar-refractivity contribution is -0.400. The van der Waals surface area contributed by atoms with Gasteiger partial charge in [0, 0.05) is 17.2 Å². The number of phenols is 1. The number of nitrogens with zero attached hydrogens (tertiary/aromatic N) is 1. The maximum atomic E-state index is 10.4. The van der Waals surface area contributed by atoms with Crippen LogP contribution in [0.4, 0.5) is 0 Å². The van der Waals surface area contributed by atoms with E-state index < -0.39 is 4.92 Å². The standard InChI is InChI=1S/C12H11NO5/c14-9-1-2-10-11(7(9)3-5-13(15)16)8-4-6-17-12(8)18-10/h1-3,5,8,12,14H,4,6H2/b5-3+/t8-,12+/m0/s1. The van der Waals surface area contributed by atoms with Gasteiger partial charge in [-0.3, -0.25) is 10.1 Å². The number of ether oxygens (including phenoxy) is 2. The van der Waals surface area contributed by atoms with Gasteiger partial charge in [0.25, 0.3) is 0 Å². The molecule has 2 atom stereocenters. The molecule has 6 heteroatoms. The first kappa shape index (κ1) is 11.0. The fraction of sp³-hybridized carbons (Fsp3) is 0.333. The lowest BCUT2D eigenvalue weighted by Gasteiger charge is -2.08. The summed E-state index contributed by atoms with van der Waals surface area (Å²) < 4.78 is 11.0. The van der Waals surface area contributed by atoms with Crippen molar-refractivity contribution in [2.75, 3.05) is 6.61 Å². The third kappa shape index (κ3) is 1.62. The molecule has 94 valence electrons. The molecule has 0 amide bonds. The van der Waals surface area contributed by atoms with Crippen LogP contribution >= 0.6 is 0 Å². The fourth-order valence-electron chi connectivity index (χ4n) is 2.49. The molecule has 0 aromatic heterocycles. The van der Waals surface area contributed by atoms with E-state index >= 15 is 0 Å². The summed E-state index contributed by atoms with van der Waals surface area (Å²) in [5.74, 6) is 0.687. The molecule has 1 fully saturated rings. The van der Waals surface area contributed by atoms with E-state index in [0.717, 1.165) is 18.2 Å². The van der Waals surface area contributed by atoms with Crippen molar-refractivity contribution in [1.29, 1.82) is 0 Å². The van der Waals surface area contributed by atoms with Crippen molar-refractivity contribution in [2.45, 2.75) is 18.6 Å². The number of fused-ring (bicyclic) bond motifs is 3. The molecule has 2 heterocycles. The minimum Gasteiger partial charge on any atom is -0.507 e. The summed E-state index contributed by atoms with van der Waals surface area (Å²) in [6.07, 6.45) is 2.58. The number of phenolic OH excluding ortho intramolecular Hbond substituents is 1. The average Bonchev–Trinajstić information content (AvgIpc) is 2.88. The van der Waals surface area contributed by atoms with Gasteiger partial charge >= 0.3 is 0 Å². The van der Waals surface area contributed by atoms with Gasteiger partial charge in [-0.2, -0.15) is 0 Å². The summed E-state index contributed by atoms with van der Waals surface area (Å²) in [5.41, 5.74) is 1.25. The maximum absolute atomic E-state index is 10.4. The van der Waals surface area contributed by atoms with Crippen molar-refractivity contribution >= 4 is 6.08 Å². The Morgan fingerprint density at radius 1 is 1.50 bits per heavy atom. The van der Waals surface area contributed by atoms with Crippen LogP contribution in [0.5, 0.6) is 11.5 Å². The second kappa shape index (κ2) is 3.99. The summed E-state index contributed by atoms with van der Waals surface area (Å²) in [5, 5.41) is 20.2. The number of nitro groups is 1. The minimum atomic E-state index is -0.558. The molecule has 0 bridgehead atoms. The molecule has 2 aliphatic heterocycles. The number of rotatable bonds is 2. The minimum absolute atomic E-state index is 0.0167. The molecule has 1 N–H and O–H groups in total. The highest BCUT2D eigenvalue weighted by molar-refractivity contribution is 5.66. The predicted octanol–water partition coefficient (Wildman–Crippen LogP) is 1.86. The number of hydrogen-bond acceptors (Lipinski definition) is 5. The summed E-state index contributed by atoms with van der Waals surface area (Å²) in [4.78, 5) is 9.83. The van der Waals surface area contributed by atoms with E-state index in [2.05, 4.69) is 0 Å². The predicted molar refractivity (Wildman–Crippen MR) is 61.9 cm³/mol. The van der Waals surface area contributed by atoms with Crippen LogP contribution < -0.4 is 4.74 Å². The topological polar surface area (TPSA) is 81.8 Å². The lowest BCUT2D eigenvalue weighted by atomic mass is 9.93. The zero-order valence-corrected chi connectivity index (χ0v) is 9.41. The van der Waals surface area contributed by atoms with Crippen LogP contribution in [-0.4, -0.2) is 22.9 Å². The van der Waals surface area contributed by atoms with E-state index in [9.17, 15) is 15.2 Å². The SMILES string of the molecule is O=[N+]([O-])/C=C/c1c(O)ccc2c1[C@@H]1CCO[C@@H]1O2. The van der Waals surface area contributed by atoms with Crippen LogP contribution in [0, 0.1) is 10.1 Å². The molecule has 0 spiro atoms. The lowest BCUT2D eigenvalue weighted by Crippen LogP contribution is -2.13. The molecule has 1 aromatic carbocycles.